The topological polar surface area (TPSA) is 76.2 Å². The van der Waals surface area contributed by atoms with E-state index in [9.17, 15) is 4.79 Å². The van der Waals surface area contributed by atoms with Crippen molar-refractivity contribution in [2.45, 2.75) is 20.3 Å². The van der Waals surface area contributed by atoms with E-state index in [1.807, 2.05) is 50.2 Å². The fourth-order valence-electron chi connectivity index (χ4n) is 2.65. The Morgan fingerprint density at radius 2 is 1.88 bits per heavy atom. The van der Waals surface area contributed by atoms with Crippen LogP contribution in [0, 0.1) is 0 Å². The van der Waals surface area contributed by atoms with E-state index in [1.165, 1.54) is 0 Å². The van der Waals surface area contributed by atoms with Gasteiger partial charge in [-0.05, 0) is 49.7 Å². The Labute approximate surface area is 160 Å². The van der Waals surface area contributed by atoms with Crippen molar-refractivity contribution in [1.29, 1.82) is 0 Å². The van der Waals surface area contributed by atoms with Crippen LogP contribution in [-0.4, -0.2) is 29.3 Å². The number of halogens is 1. The lowest BCUT2D eigenvalue weighted by Gasteiger charge is -2.12. The van der Waals surface area contributed by atoms with Crippen molar-refractivity contribution in [1.82, 2.24) is 10.2 Å². The zero-order valence-electron chi connectivity index (χ0n) is 14.6. The smallest absolute Gasteiger partial charge is 0.230 e. The number of fused-ring (bicyclic) bond motifs is 1. The van der Waals surface area contributed by atoms with Gasteiger partial charge in [-0.1, -0.05) is 22.0 Å². The summed E-state index contributed by atoms with van der Waals surface area (Å²) in [5.74, 6) is 1.71. The molecule has 0 aliphatic rings. The number of benzene rings is 2. The lowest BCUT2D eigenvalue weighted by molar-refractivity contribution is -0.115. The molecular weight excluding hydrogens is 398 g/mol. The predicted octanol–water partition coefficient (Wildman–Crippen LogP) is 4.30. The van der Waals surface area contributed by atoms with Gasteiger partial charge in [0.25, 0.3) is 0 Å². The van der Waals surface area contributed by atoms with Gasteiger partial charge in [0.05, 0.1) is 25.2 Å². The maximum absolute atomic E-state index is 12.4. The zero-order valence-corrected chi connectivity index (χ0v) is 16.2. The summed E-state index contributed by atoms with van der Waals surface area (Å²) in [4.78, 5) is 12.4. The van der Waals surface area contributed by atoms with Crippen molar-refractivity contribution < 1.29 is 14.3 Å². The molecule has 3 aromatic rings. The molecule has 0 atom stereocenters. The number of amides is 1. The highest BCUT2D eigenvalue weighted by Crippen LogP contribution is 2.29. The minimum atomic E-state index is -0.145. The molecule has 136 valence electrons. The van der Waals surface area contributed by atoms with Crippen molar-refractivity contribution in [2.75, 3.05) is 18.5 Å². The molecule has 0 saturated heterocycles. The Balaban J connectivity index is 1.73. The largest absolute Gasteiger partial charge is 0.490 e. The van der Waals surface area contributed by atoms with Crippen LogP contribution >= 0.6 is 15.9 Å². The van der Waals surface area contributed by atoms with Crippen molar-refractivity contribution in [3.63, 3.8) is 0 Å². The van der Waals surface area contributed by atoms with Gasteiger partial charge in [-0.25, -0.2) is 0 Å². The number of H-pyrrole nitrogens is 1. The molecule has 0 aliphatic carbocycles. The molecule has 0 aliphatic heterocycles. The van der Waals surface area contributed by atoms with Crippen LogP contribution in [0.3, 0.4) is 0 Å². The van der Waals surface area contributed by atoms with E-state index in [-0.39, 0.29) is 12.3 Å². The zero-order chi connectivity index (χ0) is 18.5. The van der Waals surface area contributed by atoms with Crippen LogP contribution in [-0.2, 0) is 11.2 Å². The minimum absolute atomic E-state index is 0.145. The van der Waals surface area contributed by atoms with E-state index in [0.29, 0.717) is 30.5 Å². The van der Waals surface area contributed by atoms with Crippen LogP contribution in [0.1, 0.15) is 19.4 Å². The fraction of sp³-hybridized carbons (Fsp3) is 0.263. The van der Waals surface area contributed by atoms with Crippen molar-refractivity contribution >= 4 is 38.6 Å². The number of nitrogens with one attached hydrogen (secondary N) is 2. The minimum Gasteiger partial charge on any atom is -0.490 e. The average Bonchev–Trinajstić information content (AvgIpc) is 2.99. The average molecular weight is 418 g/mol. The number of rotatable bonds is 7. The van der Waals surface area contributed by atoms with Crippen LogP contribution in [0.2, 0.25) is 0 Å². The molecule has 0 fully saturated rings. The van der Waals surface area contributed by atoms with Gasteiger partial charge in [0.2, 0.25) is 5.91 Å². The third-order valence-electron chi connectivity index (χ3n) is 3.76. The van der Waals surface area contributed by atoms with Gasteiger partial charge in [0.15, 0.2) is 17.3 Å². The van der Waals surface area contributed by atoms with Crippen LogP contribution in [0.25, 0.3) is 10.9 Å². The van der Waals surface area contributed by atoms with Crippen LogP contribution in [0.5, 0.6) is 11.5 Å². The first-order valence-electron chi connectivity index (χ1n) is 8.42. The lowest BCUT2D eigenvalue weighted by atomic mass is 10.1. The first kappa shape index (κ1) is 18.3. The number of anilines is 1. The Kier molecular flexibility index (Phi) is 5.78. The molecule has 0 saturated carbocycles. The Bertz CT molecular complexity index is 924. The van der Waals surface area contributed by atoms with Crippen molar-refractivity contribution in [2.24, 2.45) is 0 Å². The fourth-order valence-corrected chi connectivity index (χ4v) is 3.02. The Morgan fingerprint density at radius 1 is 1.12 bits per heavy atom. The molecular formula is C19H20BrN3O3. The number of hydrogen-bond acceptors (Lipinski definition) is 4. The highest BCUT2D eigenvalue weighted by Gasteiger charge is 2.12. The summed E-state index contributed by atoms with van der Waals surface area (Å²) < 4.78 is 12.1. The number of aromatic amines is 1. The standard InChI is InChI=1S/C19H20BrN3O3/c1-3-25-16-8-5-12(9-17(16)26-4-2)10-18(24)21-19-14-7-6-13(20)11-15(14)22-23-19/h5-9,11H,3-4,10H2,1-2H3,(H2,21,22,23,24). The van der Waals surface area contributed by atoms with Gasteiger partial charge < -0.3 is 14.8 Å². The summed E-state index contributed by atoms with van der Waals surface area (Å²) in [6.07, 6.45) is 0.220. The summed E-state index contributed by atoms with van der Waals surface area (Å²) in [6, 6.07) is 11.3. The summed E-state index contributed by atoms with van der Waals surface area (Å²) in [6.45, 7) is 4.92. The summed E-state index contributed by atoms with van der Waals surface area (Å²) in [5, 5.41) is 10.8. The molecule has 1 aromatic heterocycles. The van der Waals surface area contributed by atoms with E-state index in [4.69, 9.17) is 9.47 Å². The molecule has 3 rings (SSSR count). The second-order valence-corrected chi connectivity index (χ2v) is 6.55. The first-order valence-corrected chi connectivity index (χ1v) is 9.22. The third-order valence-corrected chi connectivity index (χ3v) is 4.25. The van der Waals surface area contributed by atoms with E-state index in [0.717, 1.165) is 20.9 Å². The Hall–Kier alpha value is -2.54. The number of ether oxygens (including phenoxy) is 2. The molecule has 2 N–H and O–H groups in total. The first-order chi connectivity index (χ1) is 12.6. The van der Waals surface area contributed by atoms with Crippen LogP contribution in [0.4, 0.5) is 5.82 Å². The van der Waals surface area contributed by atoms with Gasteiger partial charge in [-0.2, -0.15) is 5.10 Å². The molecule has 1 amide bonds. The van der Waals surface area contributed by atoms with Crippen LogP contribution < -0.4 is 14.8 Å². The quantitative estimate of drug-likeness (QED) is 0.600. The van der Waals surface area contributed by atoms with E-state index < -0.39 is 0 Å². The van der Waals surface area contributed by atoms with Gasteiger partial charge in [-0.3, -0.25) is 9.89 Å². The van der Waals surface area contributed by atoms with Gasteiger partial charge >= 0.3 is 0 Å². The summed E-state index contributed by atoms with van der Waals surface area (Å²) in [7, 11) is 0. The third kappa shape index (κ3) is 4.16. The summed E-state index contributed by atoms with van der Waals surface area (Å²) in [5.41, 5.74) is 1.70. The van der Waals surface area contributed by atoms with Gasteiger partial charge in [-0.15, -0.1) is 0 Å². The number of aromatic nitrogens is 2. The second kappa shape index (κ2) is 8.23. The van der Waals surface area contributed by atoms with E-state index in [2.05, 4.69) is 31.4 Å². The highest BCUT2D eigenvalue weighted by atomic mass is 79.9. The van der Waals surface area contributed by atoms with Gasteiger partial charge in [0, 0.05) is 9.86 Å². The Morgan fingerprint density at radius 3 is 2.65 bits per heavy atom. The molecule has 2 aromatic carbocycles. The molecule has 7 heteroatoms. The molecule has 1 heterocycles. The maximum atomic E-state index is 12.4. The monoisotopic (exact) mass is 417 g/mol. The van der Waals surface area contributed by atoms with E-state index in [1.54, 1.807) is 0 Å². The molecule has 6 nitrogen and oxygen atoms in total. The molecule has 0 radical (unpaired) electrons. The number of hydrogen-bond donors (Lipinski definition) is 2. The summed E-state index contributed by atoms with van der Waals surface area (Å²) >= 11 is 3.42. The highest BCUT2D eigenvalue weighted by molar-refractivity contribution is 9.10. The van der Waals surface area contributed by atoms with Crippen molar-refractivity contribution in [3.8, 4) is 11.5 Å². The van der Waals surface area contributed by atoms with E-state index >= 15 is 0 Å². The lowest BCUT2D eigenvalue weighted by Crippen LogP contribution is -2.15. The predicted molar refractivity (Wildman–Crippen MR) is 105 cm³/mol. The number of nitrogens with zero attached hydrogens (tertiary/aromatic N) is 1. The molecule has 0 spiro atoms. The molecule has 26 heavy (non-hydrogen) atoms. The number of carbonyl (C=O) groups is 1. The van der Waals surface area contributed by atoms with Crippen molar-refractivity contribution in [3.05, 3.63) is 46.4 Å². The van der Waals surface area contributed by atoms with Gasteiger partial charge in [0.1, 0.15) is 0 Å². The van der Waals surface area contributed by atoms with Crippen LogP contribution in [0.15, 0.2) is 40.9 Å². The molecule has 0 bridgehead atoms. The second-order valence-electron chi connectivity index (χ2n) is 5.63. The number of carbonyl (C=O) groups excluding carboxylic acids is 1. The normalized spacial score (nSPS) is 10.7. The SMILES string of the molecule is CCOc1ccc(CC(=O)Nc2n[nH]c3cc(Br)ccc23)cc1OCC. The molecule has 0 unspecified atom stereocenters. The maximum Gasteiger partial charge on any atom is 0.230 e.